The molecule has 2 saturated heterocycles. The smallest absolute Gasteiger partial charge is 0.269 e. The molecule has 61 heavy (non-hydrogen) atoms. The number of hydrogen-bond acceptors (Lipinski definition) is 11. The second-order valence-electron chi connectivity index (χ2n) is 17.1. The molecule has 3 atom stereocenters. The van der Waals surface area contributed by atoms with E-state index >= 15 is 0 Å². The van der Waals surface area contributed by atoms with Crippen LogP contribution in [0, 0.1) is 0 Å². The molecule has 2 aromatic heterocycles. The first-order chi connectivity index (χ1) is 29.3. The third kappa shape index (κ3) is 9.76. The lowest BCUT2D eigenvalue weighted by atomic mass is 9.99. The van der Waals surface area contributed by atoms with Crippen LogP contribution in [0.25, 0.3) is 11.0 Å². The minimum atomic E-state index is -2.97. The van der Waals surface area contributed by atoms with Crippen LogP contribution in [0.5, 0.6) is 0 Å². The number of aromatic nitrogens is 3. The highest BCUT2D eigenvalue weighted by Crippen LogP contribution is 2.40. The van der Waals surface area contributed by atoms with E-state index < -0.39 is 58.9 Å². The first kappa shape index (κ1) is 43.8. The topological polar surface area (TPSA) is 196 Å². The van der Waals surface area contributed by atoms with Gasteiger partial charge in [-0.15, -0.1) is 0 Å². The van der Waals surface area contributed by atoms with Crippen LogP contribution in [0.3, 0.4) is 0 Å². The predicted octanol–water partition coefficient (Wildman–Crippen LogP) is 6.02. The van der Waals surface area contributed by atoms with Crippen molar-refractivity contribution in [2.45, 2.75) is 146 Å². The molecule has 1 saturated carbocycles. The number of benzene rings is 1. The lowest BCUT2D eigenvalue weighted by Gasteiger charge is -2.32. The highest BCUT2D eigenvalue weighted by Gasteiger charge is 2.46. The van der Waals surface area contributed by atoms with E-state index in [1.165, 1.54) is 10.8 Å². The molecule has 0 spiro atoms. The van der Waals surface area contributed by atoms with Crippen molar-refractivity contribution < 1.29 is 37.9 Å². The number of carbonyl (C=O) groups excluding carboxylic acids is 5. The number of carbonyl (C=O) groups is 5. The third-order valence-corrected chi connectivity index (χ3v) is 12.8. The minimum absolute atomic E-state index is 0.00465. The number of alkyl halides is 2. The number of likely N-dealkylation sites (tertiary alicyclic amines) is 1. The van der Waals surface area contributed by atoms with Gasteiger partial charge in [0.25, 0.3) is 23.8 Å². The summed E-state index contributed by atoms with van der Waals surface area (Å²) in [6, 6.07) is 4.53. The number of piperidine rings is 2. The number of nitrogens with zero attached hydrogens (tertiary/aromatic N) is 5. The molecule has 3 aromatic rings. The van der Waals surface area contributed by atoms with Gasteiger partial charge in [-0.25, -0.2) is 13.8 Å². The number of imide groups is 2. The van der Waals surface area contributed by atoms with Crippen LogP contribution in [0.15, 0.2) is 35.3 Å². The number of hydrogen-bond donors (Lipinski definition) is 4. The zero-order valence-electron chi connectivity index (χ0n) is 34.7. The molecule has 4 N–H and O–H groups in total. The van der Waals surface area contributed by atoms with Crippen molar-refractivity contribution in [2.75, 3.05) is 30.3 Å². The van der Waals surface area contributed by atoms with E-state index in [0.29, 0.717) is 69.2 Å². The summed E-state index contributed by atoms with van der Waals surface area (Å²) < 4.78 is 28.9. The van der Waals surface area contributed by atoms with E-state index in [2.05, 4.69) is 25.9 Å². The standard InChI is InChI=1S/C44H56F2N8O7/c1-44(61)21-12-15-33(44)54-38-27(25-30(37(45)46)41(54)59)26-48-43(51-38)49-28-19-23-52(24-20-28)35(56)16-9-7-5-3-2-4-6-8-10-22-47-31-14-11-13-29-36(31)42(60)53(40(29)58)32-17-18-34(55)50-39(32)57/h11,13-14,25-26,28,32-33,37,47,61H,2-10,12,15-24H2,1H3,(H,48,49,51)(H,50,55,57)/t32?,33-,44-/m1/s1. The van der Waals surface area contributed by atoms with Gasteiger partial charge in [0, 0.05) is 55.8 Å². The SMILES string of the molecule is C[C@@]1(O)CCC[C@H]1n1c(=O)c(C(F)F)cc2cnc(NC3CCN(C(=O)CCCCCCCCCCCNc4cccc5c4C(=O)N(C4CCC(=O)NC4=O)C5=O)CC3)nc21. The second kappa shape index (κ2) is 19.2. The van der Waals surface area contributed by atoms with Crippen molar-refractivity contribution in [1.82, 2.24) is 29.7 Å². The summed E-state index contributed by atoms with van der Waals surface area (Å²) in [4.78, 5) is 88.3. The Morgan fingerprint density at radius 3 is 2.33 bits per heavy atom. The highest BCUT2D eigenvalue weighted by atomic mass is 19.3. The van der Waals surface area contributed by atoms with Crippen molar-refractivity contribution in [3.63, 3.8) is 0 Å². The van der Waals surface area contributed by atoms with Crippen molar-refractivity contribution in [3.8, 4) is 0 Å². The van der Waals surface area contributed by atoms with Gasteiger partial charge in [0.05, 0.1) is 28.3 Å². The molecule has 5 amide bonds. The molecule has 3 fully saturated rings. The second-order valence-corrected chi connectivity index (χ2v) is 17.1. The van der Waals surface area contributed by atoms with Gasteiger partial charge in [0.2, 0.25) is 23.7 Å². The molecule has 1 unspecified atom stereocenters. The van der Waals surface area contributed by atoms with Crippen molar-refractivity contribution in [2.24, 2.45) is 0 Å². The maximum absolute atomic E-state index is 13.8. The maximum atomic E-state index is 13.8. The minimum Gasteiger partial charge on any atom is -0.388 e. The molecular formula is C44H56F2N8O7. The molecule has 1 aromatic carbocycles. The summed E-state index contributed by atoms with van der Waals surface area (Å²) >= 11 is 0. The molecule has 5 heterocycles. The summed E-state index contributed by atoms with van der Waals surface area (Å²) in [7, 11) is 0. The Kier molecular flexibility index (Phi) is 13.7. The number of aliphatic hydroxyl groups is 1. The van der Waals surface area contributed by atoms with Gasteiger partial charge in [-0.05, 0) is 76.5 Å². The fourth-order valence-electron chi connectivity index (χ4n) is 9.33. The maximum Gasteiger partial charge on any atom is 0.269 e. The fraction of sp³-hybridized carbons (Fsp3) is 0.591. The molecule has 15 nitrogen and oxygen atoms in total. The lowest BCUT2D eigenvalue weighted by Crippen LogP contribution is -2.54. The largest absolute Gasteiger partial charge is 0.388 e. The van der Waals surface area contributed by atoms with Gasteiger partial charge in [0.1, 0.15) is 11.7 Å². The third-order valence-electron chi connectivity index (χ3n) is 12.8. The number of rotatable bonds is 18. The van der Waals surface area contributed by atoms with Gasteiger partial charge in [-0.3, -0.25) is 43.6 Å². The normalized spacial score (nSPS) is 22.0. The summed E-state index contributed by atoms with van der Waals surface area (Å²) in [5.74, 6) is -1.64. The number of unbranched alkanes of at least 4 members (excludes halogenated alkanes) is 8. The molecular weight excluding hydrogens is 791 g/mol. The van der Waals surface area contributed by atoms with Crippen LogP contribution in [0.1, 0.15) is 155 Å². The molecule has 0 bridgehead atoms. The Hall–Kier alpha value is -5.32. The Labute approximate surface area is 353 Å². The summed E-state index contributed by atoms with van der Waals surface area (Å²) in [6.07, 6.45) is 11.4. The monoisotopic (exact) mass is 846 g/mol. The average Bonchev–Trinajstić information content (AvgIpc) is 3.71. The Balaban J connectivity index is 0.758. The highest BCUT2D eigenvalue weighted by molar-refractivity contribution is 6.25. The van der Waals surface area contributed by atoms with E-state index in [1.54, 1.807) is 25.1 Å². The van der Waals surface area contributed by atoms with Crippen molar-refractivity contribution in [1.29, 1.82) is 0 Å². The number of fused-ring (bicyclic) bond motifs is 2. The molecule has 7 rings (SSSR count). The first-order valence-corrected chi connectivity index (χ1v) is 21.9. The van der Waals surface area contributed by atoms with Crippen molar-refractivity contribution in [3.05, 3.63) is 57.5 Å². The van der Waals surface area contributed by atoms with Crippen LogP contribution in [-0.4, -0.2) is 96.3 Å². The molecule has 17 heteroatoms. The number of amides is 5. The van der Waals surface area contributed by atoms with Gasteiger partial charge in [-0.2, -0.15) is 4.98 Å². The average molecular weight is 847 g/mol. The molecule has 0 radical (unpaired) electrons. The van der Waals surface area contributed by atoms with Crippen LogP contribution in [0.2, 0.25) is 0 Å². The number of halogens is 2. The van der Waals surface area contributed by atoms with Crippen LogP contribution in [0.4, 0.5) is 20.4 Å². The van der Waals surface area contributed by atoms with Gasteiger partial charge >= 0.3 is 0 Å². The molecule has 4 aliphatic rings. The Morgan fingerprint density at radius 2 is 1.66 bits per heavy atom. The summed E-state index contributed by atoms with van der Waals surface area (Å²) in [5, 5.41) is 20.1. The Bertz CT molecular complexity index is 2210. The zero-order chi connectivity index (χ0) is 43.3. The van der Waals surface area contributed by atoms with E-state index in [9.17, 15) is 42.7 Å². The van der Waals surface area contributed by atoms with Crippen LogP contribution >= 0.6 is 0 Å². The van der Waals surface area contributed by atoms with E-state index in [4.69, 9.17) is 0 Å². The first-order valence-electron chi connectivity index (χ1n) is 21.9. The van der Waals surface area contributed by atoms with Gasteiger partial charge in [-0.1, -0.05) is 51.0 Å². The molecule has 3 aliphatic heterocycles. The van der Waals surface area contributed by atoms with Crippen LogP contribution < -0.4 is 21.5 Å². The van der Waals surface area contributed by atoms with E-state index in [-0.39, 0.29) is 47.5 Å². The molecule has 1 aliphatic carbocycles. The number of anilines is 2. The number of nitrogens with one attached hydrogen (secondary N) is 3. The fourth-order valence-corrected chi connectivity index (χ4v) is 9.33. The zero-order valence-corrected chi connectivity index (χ0v) is 34.7. The summed E-state index contributed by atoms with van der Waals surface area (Å²) in [5.41, 5.74) is -1.38. The van der Waals surface area contributed by atoms with E-state index in [1.807, 2.05) is 4.90 Å². The summed E-state index contributed by atoms with van der Waals surface area (Å²) in [6.45, 7) is 3.46. The lowest BCUT2D eigenvalue weighted by molar-refractivity contribution is -0.136. The van der Waals surface area contributed by atoms with Gasteiger partial charge in [0.15, 0.2) is 0 Å². The van der Waals surface area contributed by atoms with Gasteiger partial charge < -0.3 is 20.6 Å². The number of pyridine rings is 1. The Morgan fingerprint density at radius 1 is 0.951 bits per heavy atom. The predicted molar refractivity (Wildman–Crippen MR) is 223 cm³/mol. The van der Waals surface area contributed by atoms with Crippen LogP contribution in [-0.2, 0) is 14.4 Å². The van der Waals surface area contributed by atoms with Crippen molar-refractivity contribution >= 4 is 52.2 Å². The quantitative estimate of drug-likeness (QED) is 0.0863. The van der Waals surface area contributed by atoms with E-state index in [0.717, 1.165) is 68.8 Å². The molecule has 328 valence electrons.